The molecule has 2 aromatic rings. The van der Waals surface area contributed by atoms with Gasteiger partial charge in [-0.3, -0.25) is 0 Å². The van der Waals surface area contributed by atoms with Gasteiger partial charge in [-0.2, -0.15) is 11.8 Å². The molecule has 1 N–H and O–H groups in total. The minimum Gasteiger partial charge on any atom is -0.467 e. The van der Waals surface area contributed by atoms with E-state index in [-0.39, 0.29) is 12.0 Å². The second kappa shape index (κ2) is 7.68. The molecule has 7 heteroatoms. The molecule has 1 heterocycles. The topological polar surface area (TPSA) is 77.2 Å². The fraction of sp³-hybridized carbons (Fsp3) is 0.357. The number of anilines is 1. The highest BCUT2D eigenvalue weighted by molar-refractivity contribution is 7.98. The molecule has 1 aromatic carbocycles. The molecule has 1 atom stereocenters. The van der Waals surface area contributed by atoms with Crippen molar-refractivity contribution >= 4 is 23.7 Å². The van der Waals surface area contributed by atoms with E-state index in [4.69, 9.17) is 9.15 Å². The zero-order valence-corrected chi connectivity index (χ0v) is 12.7. The van der Waals surface area contributed by atoms with Crippen molar-refractivity contribution in [3.05, 3.63) is 30.3 Å². The number of benzene rings is 1. The second-order valence-electron chi connectivity index (χ2n) is 4.28. The van der Waals surface area contributed by atoms with Crippen LogP contribution in [0.1, 0.15) is 6.42 Å². The predicted octanol–water partition coefficient (Wildman–Crippen LogP) is 2.44. The van der Waals surface area contributed by atoms with Crippen molar-refractivity contribution in [1.82, 2.24) is 10.2 Å². The standard InChI is InChI=1S/C14H17N3O3S/c1-19-13(18)11(8-9-21-2)15-14-17-16-12(20-14)10-6-4-3-5-7-10/h3-7,11H,8-9H2,1-2H3,(H,15,17)/t11-/m0/s1. The summed E-state index contributed by atoms with van der Waals surface area (Å²) in [6.07, 6.45) is 2.60. The number of nitrogens with one attached hydrogen (secondary N) is 1. The highest BCUT2D eigenvalue weighted by Gasteiger charge is 2.21. The van der Waals surface area contributed by atoms with Gasteiger partial charge in [0.2, 0.25) is 5.89 Å². The smallest absolute Gasteiger partial charge is 0.328 e. The van der Waals surface area contributed by atoms with Crippen molar-refractivity contribution in [3.8, 4) is 11.5 Å². The monoisotopic (exact) mass is 307 g/mol. The predicted molar refractivity (Wildman–Crippen MR) is 82.2 cm³/mol. The van der Waals surface area contributed by atoms with Gasteiger partial charge in [-0.1, -0.05) is 23.3 Å². The highest BCUT2D eigenvalue weighted by atomic mass is 32.2. The lowest BCUT2D eigenvalue weighted by molar-refractivity contribution is -0.141. The summed E-state index contributed by atoms with van der Waals surface area (Å²) >= 11 is 1.66. The first-order valence-corrected chi connectivity index (χ1v) is 7.86. The van der Waals surface area contributed by atoms with E-state index < -0.39 is 6.04 Å². The first-order chi connectivity index (χ1) is 10.2. The Hall–Kier alpha value is -2.02. The van der Waals surface area contributed by atoms with Crippen LogP contribution in [0.2, 0.25) is 0 Å². The van der Waals surface area contributed by atoms with Crippen LogP contribution in [0, 0.1) is 0 Å². The molecule has 0 bridgehead atoms. The SMILES string of the molecule is COC(=O)[C@H](CCSC)Nc1nnc(-c2ccccc2)o1. The minimum atomic E-state index is -0.494. The van der Waals surface area contributed by atoms with Crippen molar-refractivity contribution in [2.75, 3.05) is 24.4 Å². The number of hydrogen-bond donors (Lipinski definition) is 1. The highest BCUT2D eigenvalue weighted by Crippen LogP contribution is 2.20. The molecule has 0 unspecified atom stereocenters. The molecule has 0 fully saturated rings. The Bertz CT molecular complexity index is 574. The first-order valence-electron chi connectivity index (χ1n) is 6.47. The third kappa shape index (κ3) is 4.22. The number of methoxy groups -OCH3 is 1. The van der Waals surface area contributed by atoms with Crippen LogP contribution in [0.4, 0.5) is 6.01 Å². The Kier molecular flexibility index (Phi) is 5.62. The Labute approximate surface area is 127 Å². The van der Waals surface area contributed by atoms with E-state index in [1.54, 1.807) is 11.8 Å². The summed E-state index contributed by atoms with van der Waals surface area (Å²) in [5, 5.41) is 10.8. The Morgan fingerprint density at radius 3 is 2.81 bits per heavy atom. The van der Waals surface area contributed by atoms with Gasteiger partial charge < -0.3 is 14.5 Å². The Balaban J connectivity index is 2.07. The van der Waals surface area contributed by atoms with E-state index in [1.165, 1.54) is 7.11 Å². The maximum atomic E-state index is 11.7. The van der Waals surface area contributed by atoms with Crippen molar-refractivity contribution in [3.63, 3.8) is 0 Å². The molecule has 0 saturated carbocycles. The van der Waals surface area contributed by atoms with E-state index >= 15 is 0 Å². The molecule has 6 nitrogen and oxygen atoms in total. The average Bonchev–Trinajstić information content (AvgIpc) is 3.00. The molecule has 2 rings (SSSR count). The van der Waals surface area contributed by atoms with Crippen molar-refractivity contribution in [1.29, 1.82) is 0 Å². The summed E-state index contributed by atoms with van der Waals surface area (Å²) in [7, 11) is 1.36. The van der Waals surface area contributed by atoms with Crippen LogP contribution in [-0.4, -0.2) is 41.3 Å². The summed E-state index contributed by atoms with van der Waals surface area (Å²) in [4.78, 5) is 11.7. The molecule has 0 saturated heterocycles. The lowest BCUT2D eigenvalue weighted by Crippen LogP contribution is -2.31. The molecule has 112 valence electrons. The zero-order valence-electron chi connectivity index (χ0n) is 11.9. The summed E-state index contributed by atoms with van der Waals surface area (Å²) in [5.74, 6) is 0.891. The molecule has 0 aliphatic heterocycles. The summed E-state index contributed by atoms with van der Waals surface area (Å²) < 4.78 is 10.3. The number of carbonyl (C=O) groups excluding carboxylic acids is 1. The summed E-state index contributed by atoms with van der Waals surface area (Å²) in [5.41, 5.74) is 0.830. The van der Waals surface area contributed by atoms with Crippen LogP contribution in [-0.2, 0) is 9.53 Å². The van der Waals surface area contributed by atoms with Crippen molar-refractivity contribution in [2.45, 2.75) is 12.5 Å². The molecule has 0 amide bonds. The fourth-order valence-corrected chi connectivity index (χ4v) is 2.23. The number of ether oxygens (including phenoxy) is 1. The van der Waals surface area contributed by atoms with E-state index in [0.717, 1.165) is 11.3 Å². The third-order valence-corrected chi connectivity index (χ3v) is 3.48. The number of nitrogens with zero attached hydrogens (tertiary/aromatic N) is 2. The van der Waals surface area contributed by atoms with Crippen LogP contribution in [0.5, 0.6) is 0 Å². The average molecular weight is 307 g/mol. The largest absolute Gasteiger partial charge is 0.467 e. The zero-order chi connectivity index (χ0) is 15.1. The number of aromatic nitrogens is 2. The summed E-state index contributed by atoms with van der Waals surface area (Å²) in [6.45, 7) is 0. The second-order valence-corrected chi connectivity index (χ2v) is 5.27. The minimum absolute atomic E-state index is 0.213. The molecular formula is C14H17N3O3S. The van der Waals surface area contributed by atoms with Gasteiger partial charge >= 0.3 is 12.0 Å². The molecule has 0 aliphatic carbocycles. The van der Waals surface area contributed by atoms with E-state index in [1.807, 2.05) is 36.6 Å². The van der Waals surface area contributed by atoms with Gasteiger partial charge in [-0.25, -0.2) is 4.79 Å². The quantitative estimate of drug-likeness (QED) is 0.787. The summed E-state index contributed by atoms with van der Waals surface area (Å²) in [6, 6.07) is 9.17. The van der Waals surface area contributed by atoms with Crippen LogP contribution in [0.3, 0.4) is 0 Å². The van der Waals surface area contributed by atoms with Crippen LogP contribution >= 0.6 is 11.8 Å². The van der Waals surface area contributed by atoms with Crippen LogP contribution < -0.4 is 5.32 Å². The van der Waals surface area contributed by atoms with E-state index in [0.29, 0.717) is 12.3 Å². The first kappa shape index (κ1) is 15.4. The lowest BCUT2D eigenvalue weighted by Gasteiger charge is -2.13. The van der Waals surface area contributed by atoms with Gasteiger partial charge in [-0.05, 0) is 30.6 Å². The molecule has 0 aliphatic rings. The van der Waals surface area contributed by atoms with Gasteiger partial charge in [0.15, 0.2) is 0 Å². The Morgan fingerprint density at radius 2 is 2.14 bits per heavy atom. The van der Waals surface area contributed by atoms with E-state index in [9.17, 15) is 4.79 Å². The van der Waals surface area contributed by atoms with Gasteiger partial charge in [-0.15, -0.1) is 5.10 Å². The van der Waals surface area contributed by atoms with Crippen molar-refractivity contribution < 1.29 is 13.9 Å². The van der Waals surface area contributed by atoms with Crippen LogP contribution in [0.15, 0.2) is 34.7 Å². The molecule has 0 radical (unpaired) electrons. The van der Waals surface area contributed by atoms with Gasteiger partial charge in [0, 0.05) is 5.56 Å². The number of esters is 1. The van der Waals surface area contributed by atoms with Gasteiger partial charge in [0.05, 0.1) is 7.11 Å². The van der Waals surface area contributed by atoms with Crippen molar-refractivity contribution in [2.24, 2.45) is 0 Å². The number of hydrogen-bond acceptors (Lipinski definition) is 7. The normalized spacial score (nSPS) is 11.9. The Morgan fingerprint density at radius 1 is 1.38 bits per heavy atom. The number of carbonyl (C=O) groups is 1. The number of thioether (sulfide) groups is 1. The molecule has 0 spiro atoms. The van der Waals surface area contributed by atoms with E-state index in [2.05, 4.69) is 15.5 Å². The van der Waals surface area contributed by atoms with Crippen LogP contribution in [0.25, 0.3) is 11.5 Å². The van der Waals surface area contributed by atoms with Gasteiger partial charge in [0.1, 0.15) is 6.04 Å². The fourth-order valence-electron chi connectivity index (χ4n) is 1.75. The maximum Gasteiger partial charge on any atom is 0.328 e. The van der Waals surface area contributed by atoms with Gasteiger partial charge in [0.25, 0.3) is 0 Å². The molecule has 21 heavy (non-hydrogen) atoms. The maximum absolute atomic E-state index is 11.7. The third-order valence-electron chi connectivity index (χ3n) is 2.84. The number of rotatable bonds is 7. The lowest BCUT2D eigenvalue weighted by atomic mass is 10.2. The molecular weight excluding hydrogens is 290 g/mol. The molecule has 1 aromatic heterocycles.